The van der Waals surface area contributed by atoms with E-state index in [0.29, 0.717) is 0 Å². The molecular formula is C14H18O3. The predicted octanol–water partition coefficient (Wildman–Crippen LogP) is 3.05. The van der Waals surface area contributed by atoms with Crippen LogP contribution in [0.1, 0.15) is 25.8 Å². The first kappa shape index (κ1) is 13.3. The molecule has 3 nitrogen and oxygen atoms in total. The Bertz CT molecular complexity index is 396. The molecule has 0 aliphatic rings. The number of ether oxygens (including phenoxy) is 2. The quantitative estimate of drug-likeness (QED) is 0.580. The van der Waals surface area contributed by atoms with Crippen molar-refractivity contribution in [2.75, 3.05) is 7.11 Å². The van der Waals surface area contributed by atoms with Gasteiger partial charge in [0.05, 0.1) is 13.2 Å². The van der Waals surface area contributed by atoms with Crippen molar-refractivity contribution < 1.29 is 14.3 Å². The van der Waals surface area contributed by atoms with Crippen LogP contribution in [-0.4, -0.2) is 19.2 Å². The molecule has 1 aromatic rings. The van der Waals surface area contributed by atoms with Crippen LogP contribution in [0.5, 0.6) is 5.75 Å². The van der Waals surface area contributed by atoms with Crippen molar-refractivity contribution in [1.82, 2.24) is 0 Å². The van der Waals surface area contributed by atoms with Crippen LogP contribution in [0, 0.1) is 0 Å². The SMILES string of the molecule is CCC(C)OC(=O)/C=C/c1ccccc1OC. The molecule has 1 atom stereocenters. The molecule has 3 heteroatoms. The number of benzene rings is 1. The Labute approximate surface area is 102 Å². The topological polar surface area (TPSA) is 35.5 Å². The lowest BCUT2D eigenvalue weighted by Crippen LogP contribution is -2.11. The summed E-state index contributed by atoms with van der Waals surface area (Å²) < 4.78 is 10.3. The number of hydrogen-bond donors (Lipinski definition) is 0. The molecule has 0 spiro atoms. The van der Waals surface area contributed by atoms with Gasteiger partial charge in [0.1, 0.15) is 5.75 Å². The fourth-order valence-electron chi connectivity index (χ4n) is 1.28. The van der Waals surface area contributed by atoms with Gasteiger partial charge in [-0.25, -0.2) is 4.79 Å². The lowest BCUT2D eigenvalue weighted by atomic mass is 10.2. The van der Waals surface area contributed by atoms with Crippen molar-refractivity contribution in [2.45, 2.75) is 26.4 Å². The van der Waals surface area contributed by atoms with Crippen LogP contribution in [-0.2, 0) is 9.53 Å². The first-order valence-electron chi connectivity index (χ1n) is 5.69. The summed E-state index contributed by atoms with van der Waals surface area (Å²) in [4.78, 5) is 11.4. The van der Waals surface area contributed by atoms with E-state index < -0.39 is 0 Å². The highest BCUT2D eigenvalue weighted by Gasteiger charge is 2.04. The molecule has 0 N–H and O–H groups in total. The maximum atomic E-state index is 11.4. The van der Waals surface area contributed by atoms with Gasteiger partial charge < -0.3 is 9.47 Å². The Morgan fingerprint density at radius 3 is 2.76 bits per heavy atom. The van der Waals surface area contributed by atoms with E-state index in [2.05, 4.69) is 0 Å². The van der Waals surface area contributed by atoms with Gasteiger partial charge in [0.15, 0.2) is 0 Å². The zero-order chi connectivity index (χ0) is 12.7. The number of hydrogen-bond acceptors (Lipinski definition) is 3. The zero-order valence-corrected chi connectivity index (χ0v) is 10.5. The number of carbonyl (C=O) groups is 1. The Morgan fingerprint density at radius 2 is 2.12 bits per heavy atom. The van der Waals surface area contributed by atoms with Crippen molar-refractivity contribution in [2.24, 2.45) is 0 Å². The number of para-hydroxylation sites is 1. The Balaban J connectivity index is 2.67. The molecule has 0 fully saturated rings. The van der Waals surface area contributed by atoms with E-state index in [9.17, 15) is 4.79 Å². The summed E-state index contributed by atoms with van der Waals surface area (Å²) in [6.07, 6.45) is 3.88. The minimum absolute atomic E-state index is 0.0511. The highest BCUT2D eigenvalue weighted by molar-refractivity contribution is 5.87. The number of rotatable bonds is 5. The second-order valence-electron chi connectivity index (χ2n) is 3.73. The second kappa shape index (κ2) is 6.74. The van der Waals surface area contributed by atoms with E-state index >= 15 is 0 Å². The highest BCUT2D eigenvalue weighted by Crippen LogP contribution is 2.18. The lowest BCUT2D eigenvalue weighted by Gasteiger charge is -2.08. The molecule has 1 unspecified atom stereocenters. The third kappa shape index (κ3) is 4.31. The van der Waals surface area contributed by atoms with Crippen molar-refractivity contribution in [1.29, 1.82) is 0 Å². The number of esters is 1. The summed E-state index contributed by atoms with van der Waals surface area (Å²) in [7, 11) is 1.60. The smallest absolute Gasteiger partial charge is 0.331 e. The summed E-state index contributed by atoms with van der Waals surface area (Å²) in [5.41, 5.74) is 0.858. The third-order valence-electron chi connectivity index (χ3n) is 2.43. The maximum Gasteiger partial charge on any atom is 0.331 e. The van der Waals surface area contributed by atoms with Gasteiger partial charge in [0.25, 0.3) is 0 Å². The van der Waals surface area contributed by atoms with Crippen LogP contribution < -0.4 is 4.74 Å². The van der Waals surface area contributed by atoms with E-state index in [1.165, 1.54) is 6.08 Å². The number of methoxy groups -OCH3 is 1. The summed E-state index contributed by atoms with van der Waals surface area (Å²) >= 11 is 0. The van der Waals surface area contributed by atoms with E-state index in [4.69, 9.17) is 9.47 Å². The molecule has 0 aliphatic heterocycles. The largest absolute Gasteiger partial charge is 0.496 e. The molecular weight excluding hydrogens is 216 g/mol. The summed E-state index contributed by atoms with van der Waals surface area (Å²) in [6, 6.07) is 7.50. The van der Waals surface area contributed by atoms with Crippen molar-refractivity contribution in [3.8, 4) is 5.75 Å². The minimum Gasteiger partial charge on any atom is -0.496 e. The van der Waals surface area contributed by atoms with Gasteiger partial charge in [0.2, 0.25) is 0 Å². The van der Waals surface area contributed by atoms with E-state index in [1.807, 2.05) is 38.1 Å². The van der Waals surface area contributed by atoms with Crippen LogP contribution in [0.15, 0.2) is 30.3 Å². The average Bonchev–Trinajstić information content (AvgIpc) is 2.36. The van der Waals surface area contributed by atoms with Crippen LogP contribution >= 0.6 is 0 Å². The molecule has 0 saturated heterocycles. The van der Waals surface area contributed by atoms with Crippen molar-refractivity contribution in [3.63, 3.8) is 0 Å². The van der Waals surface area contributed by atoms with Crippen molar-refractivity contribution in [3.05, 3.63) is 35.9 Å². The van der Waals surface area contributed by atoms with Gasteiger partial charge >= 0.3 is 5.97 Å². The molecule has 0 aliphatic carbocycles. The molecule has 92 valence electrons. The van der Waals surface area contributed by atoms with Crippen LogP contribution in [0.2, 0.25) is 0 Å². The van der Waals surface area contributed by atoms with Gasteiger partial charge in [-0.15, -0.1) is 0 Å². The van der Waals surface area contributed by atoms with Gasteiger partial charge in [0, 0.05) is 11.6 Å². The fourth-order valence-corrected chi connectivity index (χ4v) is 1.28. The first-order valence-corrected chi connectivity index (χ1v) is 5.69. The van der Waals surface area contributed by atoms with E-state index in [1.54, 1.807) is 13.2 Å². The summed E-state index contributed by atoms with van der Waals surface area (Å²) in [5.74, 6) is 0.408. The monoisotopic (exact) mass is 234 g/mol. The molecule has 0 heterocycles. The molecule has 0 amide bonds. The van der Waals surface area contributed by atoms with Gasteiger partial charge in [-0.05, 0) is 25.5 Å². The Hall–Kier alpha value is -1.77. The lowest BCUT2D eigenvalue weighted by molar-refractivity contribution is -0.142. The molecule has 17 heavy (non-hydrogen) atoms. The summed E-state index contributed by atoms with van der Waals surface area (Å²) in [6.45, 7) is 3.84. The highest BCUT2D eigenvalue weighted by atomic mass is 16.5. The average molecular weight is 234 g/mol. The van der Waals surface area contributed by atoms with E-state index in [0.717, 1.165) is 17.7 Å². The normalized spacial score (nSPS) is 12.4. The molecule has 1 aromatic carbocycles. The predicted molar refractivity (Wildman–Crippen MR) is 67.9 cm³/mol. The standard InChI is InChI=1S/C14H18O3/c1-4-11(2)17-14(15)10-9-12-7-5-6-8-13(12)16-3/h5-11H,4H2,1-3H3/b10-9+. The van der Waals surface area contributed by atoms with Crippen molar-refractivity contribution >= 4 is 12.0 Å². The van der Waals surface area contributed by atoms with Crippen LogP contribution in [0.3, 0.4) is 0 Å². The van der Waals surface area contributed by atoms with E-state index in [-0.39, 0.29) is 12.1 Å². The molecule has 0 aromatic heterocycles. The van der Waals surface area contributed by atoms with Crippen LogP contribution in [0.4, 0.5) is 0 Å². The molecule has 0 saturated carbocycles. The van der Waals surface area contributed by atoms with Gasteiger partial charge in [-0.1, -0.05) is 25.1 Å². The maximum absolute atomic E-state index is 11.4. The van der Waals surface area contributed by atoms with Gasteiger partial charge in [-0.3, -0.25) is 0 Å². The second-order valence-corrected chi connectivity index (χ2v) is 3.73. The Morgan fingerprint density at radius 1 is 1.41 bits per heavy atom. The molecule has 0 radical (unpaired) electrons. The summed E-state index contributed by atoms with van der Waals surface area (Å²) in [5, 5.41) is 0. The van der Waals surface area contributed by atoms with Crippen LogP contribution in [0.25, 0.3) is 6.08 Å². The first-order chi connectivity index (χ1) is 8.17. The number of carbonyl (C=O) groups excluding carboxylic acids is 1. The fraction of sp³-hybridized carbons (Fsp3) is 0.357. The molecule has 1 rings (SSSR count). The third-order valence-corrected chi connectivity index (χ3v) is 2.43. The van der Waals surface area contributed by atoms with Gasteiger partial charge in [-0.2, -0.15) is 0 Å². The zero-order valence-electron chi connectivity index (χ0n) is 10.5. The Kier molecular flexibility index (Phi) is 5.27. The minimum atomic E-state index is -0.328. The molecule has 0 bridgehead atoms.